The van der Waals surface area contributed by atoms with Gasteiger partial charge < -0.3 is 15.5 Å². The molecule has 11 nitrogen and oxygen atoms in total. The quantitative estimate of drug-likeness (QED) is 0.265. The highest BCUT2D eigenvalue weighted by Crippen LogP contribution is 2.45. The zero-order valence-electron chi connectivity index (χ0n) is 18.6. The number of anilines is 1. The third kappa shape index (κ3) is 3.58. The normalized spacial score (nSPS) is 21.7. The molecule has 3 aliphatic rings. The van der Waals surface area contributed by atoms with Crippen molar-refractivity contribution in [1.29, 1.82) is 0 Å². The van der Waals surface area contributed by atoms with Crippen molar-refractivity contribution in [2.75, 3.05) is 24.5 Å². The minimum Gasteiger partial charge on any atom is -0.364 e. The Kier molecular flexibility index (Phi) is 5.38. The lowest BCUT2D eigenvalue weighted by atomic mass is 9.68. The van der Waals surface area contributed by atoms with Crippen molar-refractivity contribution in [3.8, 4) is 0 Å². The lowest BCUT2D eigenvalue weighted by molar-refractivity contribution is -0.384. The second-order valence-electron chi connectivity index (χ2n) is 8.84. The molecule has 2 fully saturated rings. The third-order valence-electron chi connectivity index (χ3n) is 6.89. The maximum atomic E-state index is 13.4. The van der Waals surface area contributed by atoms with E-state index in [-0.39, 0.29) is 41.8 Å². The van der Waals surface area contributed by atoms with E-state index in [1.54, 1.807) is 23.1 Å². The van der Waals surface area contributed by atoms with Crippen LogP contribution in [0.5, 0.6) is 0 Å². The van der Waals surface area contributed by atoms with Crippen molar-refractivity contribution >= 4 is 50.5 Å². The molecule has 2 aromatic carbocycles. The van der Waals surface area contributed by atoms with Gasteiger partial charge in [0.15, 0.2) is 10.5 Å². The number of rotatable bonds is 3. The number of hydrogen-bond acceptors (Lipinski definition) is 8. The molecule has 1 atom stereocenters. The number of nitrogens with one attached hydrogen (secondary N) is 2. The molecule has 0 aliphatic carbocycles. The smallest absolute Gasteiger partial charge is 0.269 e. The standard InChI is InChI=1S/C22H21N5O6S2/c1-13-2-5-16(6-3-13)35(32,33)25-8-9-26-17-7-4-15(27(30)31)10-14(17)11-22(18(26)12-25)19(28)23-21(34)24-20(22)29/h2-7,10,18H,8-9,11-12H2,1H3,(H2,23,24,28,29,34)/t18-/m1/s1. The summed E-state index contributed by atoms with van der Waals surface area (Å²) in [4.78, 5) is 39.4. The number of fused-ring (bicyclic) bond motifs is 4. The van der Waals surface area contributed by atoms with Gasteiger partial charge in [0.05, 0.1) is 15.9 Å². The van der Waals surface area contributed by atoms with E-state index >= 15 is 0 Å². The topological polar surface area (TPSA) is 142 Å². The van der Waals surface area contributed by atoms with E-state index in [9.17, 15) is 28.1 Å². The molecule has 0 saturated carbocycles. The zero-order chi connectivity index (χ0) is 25.1. The van der Waals surface area contributed by atoms with Crippen molar-refractivity contribution in [3.63, 3.8) is 0 Å². The molecule has 5 rings (SSSR count). The maximum Gasteiger partial charge on any atom is 0.269 e. The Balaban J connectivity index is 1.61. The van der Waals surface area contributed by atoms with Gasteiger partial charge in [0.1, 0.15) is 0 Å². The van der Waals surface area contributed by atoms with Gasteiger partial charge in [-0.1, -0.05) is 17.7 Å². The van der Waals surface area contributed by atoms with Crippen LogP contribution in [0.25, 0.3) is 0 Å². The van der Waals surface area contributed by atoms with E-state index in [0.29, 0.717) is 11.3 Å². The first-order chi connectivity index (χ1) is 16.5. The molecule has 2 N–H and O–H groups in total. The number of nitro groups is 1. The Labute approximate surface area is 206 Å². The summed E-state index contributed by atoms with van der Waals surface area (Å²) >= 11 is 4.98. The number of benzene rings is 2. The van der Waals surface area contributed by atoms with Crippen LogP contribution in [0.15, 0.2) is 47.4 Å². The van der Waals surface area contributed by atoms with Crippen LogP contribution in [0, 0.1) is 22.5 Å². The SMILES string of the molecule is Cc1ccc(S(=O)(=O)N2CCN3c4ccc([N+](=O)[O-])cc4CC4(C(=O)NC(=S)NC4=O)[C@H]3C2)cc1. The predicted octanol–water partition coefficient (Wildman–Crippen LogP) is 0.856. The molecule has 3 aliphatic heterocycles. The molecule has 2 amide bonds. The highest BCUT2D eigenvalue weighted by molar-refractivity contribution is 7.89. The highest BCUT2D eigenvalue weighted by Gasteiger charge is 2.61. The van der Waals surface area contributed by atoms with E-state index in [4.69, 9.17) is 12.2 Å². The summed E-state index contributed by atoms with van der Waals surface area (Å²) in [6.45, 7) is 2.03. The minimum atomic E-state index is -3.90. The molecule has 2 aromatic rings. The van der Waals surface area contributed by atoms with Crippen LogP contribution in [0.1, 0.15) is 11.1 Å². The number of carbonyl (C=O) groups excluding carboxylic acids is 2. The van der Waals surface area contributed by atoms with Gasteiger partial charge in [-0.15, -0.1) is 0 Å². The molecule has 3 heterocycles. The molecule has 0 radical (unpaired) electrons. The highest BCUT2D eigenvalue weighted by atomic mass is 32.2. The first-order valence-electron chi connectivity index (χ1n) is 10.8. The van der Waals surface area contributed by atoms with Gasteiger partial charge in [0.2, 0.25) is 21.8 Å². The lowest BCUT2D eigenvalue weighted by Crippen LogP contribution is -2.74. The molecular formula is C22H21N5O6S2. The Bertz CT molecular complexity index is 1370. The van der Waals surface area contributed by atoms with Gasteiger partial charge in [-0.3, -0.25) is 19.7 Å². The minimum absolute atomic E-state index is 0.112. The molecular weight excluding hydrogens is 494 g/mol. The number of piperazine rings is 1. The van der Waals surface area contributed by atoms with E-state index < -0.39 is 38.2 Å². The van der Waals surface area contributed by atoms with Crippen molar-refractivity contribution in [1.82, 2.24) is 14.9 Å². The Morgan fingerprint density at radius 3 is 2.37 bits per heavy atom. The van der Waals surface area contributed by atoms with Crippen LogP contribution in [0.2, 0.25) is 0 Å². The summed E-state index contributed by atoms with van der Waals surface area (Å²) in [7, 11) is -3.90. The van der Waals surface area contributed by atoms with E-state index in [1.165, 1.54) is 28.6 Å². The van der Waals surface area contributed by atoms with Gasteiger partial charge in [0, 0.05) is 43.9 Å². The first kappa shape index (κ1) is 23.3. The molecule has 13 heteroatoms. The van der Waals surface area contributed by atoms with Crippen molar-refractivity contribution in [3.05, 3.63) is 63.7 Å². The zero-order valence-corrected chi connectivity index (χ0v) is 20.2. The van der Waals surface area contributed by atoms with E-state index in [0.717, 1.165) is 5.56 Å². The summed E-state index contributed by atoms with van der Waals surface area (Å²) < 4.78 is 28.2. The number of carbonyl (C=O) groups is 2. The molecule has 35 heavy (non-hydrogen) atoms. The molecule has 0 aromatic heterocycles. The lowest BCUT2D eigenvalue weighted by Gasteiger charge is -2.54. The molecule has 1 spiro atoms. The maximum absolute atomic E-state index is 13.4. The predicted molar refractivity (Wildman–Crippen MR) is 129 cm³/mol. The molecule has 182 valence electrons. The fraction of sp³-hybridized carbons (Fsp3) is 0.318. The van der Waals surface area contributed by atoms with Gasteiger partial charge in [0.25, 0.3) is 5.69 Å². The summed E-state index contributed by atoms with van der Waals surface area (Å²) in [5, 5.41) is 16.2. The second-order valence-corrected chi connectivity index (χ2v) is 11.2. The van der Waals surface area contributed by atoms with Gasteiger partial charge >= 0.3 is 0 Å². The summed E-state index contributed by atoms with van der Waals surface area (Å²) in [6.07, 6.45) is -0.135. The monoisotopic (exact) mass is 515 g/mol. The van der Waals surface area contributed by atoms with Crippen molar-refractivity contribution in [2.24, 2.45) is 5.41 Å². The van der Waals surface area contributed by atoms with Crippen LogP contribution >= 0.6 is 12.2 Å². The molecule has 0 unspecified atom stereocenters. The molecule has 0 bridgehead atoms. The summed E-state index contributed by atoms with van der Waals surface area (Å²) in [5.41, 5.74) is 0.115. The third-order valence-corrected chi connectivity index (χ3v) is 8.97. The number of thiocarbonyl (C=S) groups is 1. The first-order valence-corrected chi connectivity index (χ1v) is 12.7. The fourth-order valence-electron chi connectivity index (χ4n) is 5.10. The number of aryl methyl sites for hydroxylation is 1. The summed E-state index contributed by atoms with van der Waals surface area (Å²) in [5.74, 6) is -1.32. The second kappa shape index (κ2) is 8.07. The van der Waals surface area contributed by atoms with Gasteiger partial charge in [-0.25, -0.2) is 8.42 Å². The average Bonchev–Trinajstić information content (AvgIpc) is 2.81. The van der Waals surface area contributed by atoms with Crippen LogP contribution in [-0.4, -0.2) is 60.2 Å². The van der Waals surface area contributed by atoms with Crippen molar-refractivity contribution in [2.45, 2.75) is 24.3 Å². The van der Waals surface area contributed by atoms with E-state index in [1.807, 2.05) is 6.92 Å². The number of nitro benzene ring substituents is 1. The number of non-ortho nitro benzene ring substituents is 1. The average molecular weight is 516 g/mol. The van der Waals surface area contributed by atoms with Crippen LogP contribution < -0.4 is 15.5 Å². The number of hydrogen-bond donors (Lipinski definition) is 2. The van der Waals surface area contributed by atoms with Crippen LogP contribution in [0.3, 0.4) is 0 Å². The van der Waals surface area contributed by atoms with Crippen molar-refractivity contribution < 1.29 is 22.9 Å². The van der Waals surface area contributed by atoms with Gasteiger partial charge in [-0.05, 0) is 42.9 Å². The Morgan fingerprint density at radius 1 is 1.09 bits per heavy atom. The Morgan fingerprint density at radius 2 is 1.74 bits per heavy atom. The number of sulfonamides is 1. The fourth-order valence-corrected chi connectivity index (χ4v) is 6.72. The Hall–Kier alpha value is -3.42. The van der Waals surface area contributed by atoms with E-state index in [2.05, 4.69) is 10.6 Å². The molecule has 2 saturated heterocycles. The van der Waals surface area contributed by atoms with Crippen LogP contribution in [0.4, 0.5) is 11.4 Å². The largest absolute Gasteiger partial charge is 0.364 e. The summed E-state index contributed by atoms with van der Waals surface area (Å²) in [6, 6.07) is 9.92. The van der Waals surface area contributed by atoms with Crippen LogP contribution in [-0.2, 0) is 26.0 Å². The number of amides is 2. The number of nitrogens with zero attached hydrogens (tertiary/aromatic N) is 3. The van der Waals surface area contributed by atoms with Gasteiger partial charge in [-0.2, -0.15) is 4.31 Å².